The van der Waals surface area contributed by atoms with Gasteiger partial charge in [-0.1, -0.05) is 23.7 Å². The van der Waals surface area contributed by atoms with Gasteiger partial charge in [0.2, 0.25) is 0 Å². The summed E-state index contributed by atoms with van der Waals surface area (Å²) >= 11 is 8.10. The fourth-order valence-corrected chi connectivity index (χ4v) is 2.29. The molecule has 0 heterocycles. The molecule has 0 saturated carbocycles. The first-order valence-electron chi connectivity index (χ1n) is 5.70. The molecular formula is C15H11ClFIO. The maximum absolute atomic E-state index is 13.2. The van der Waals surface area contributed by atoms with Gasteiger partial charge in [0.25, 0.3) is 0 Å². The number of carbonyl (C=O) groups is 1. The molecule has 2 rings (SSSR count). The molecule has 0 radical (unpaired) electrons. The monoisotopic (exact) mass is 388 g/mol. The number of aryl methyl sites for hydroxylation is 1. The van der Waals surface area contributed by atoms with Gasteiger partial charge in [-0.2, -0.15) is 0 Å². The first-order chi connectivity index (χ1) is 8.97. The van der Waals surface area contributed by atoms with Crippen LogP contribution in [0.3, 0.4) is 0 Å². The van der Waals surface area contributed by atoms with E-state index in [1.165, 1.54) is 12.1 Å². The van der Waals surface area contributed by atoms with E-state index < -0.39 is 0 Å². The van der Waals surface area contributed by atoms with Crippen LogP contribution in [-0.2, 0) is 6.42 Å². The van der Waals surface area contributed by atoms with Gasteiger partial charge in [-0.05, 0) is 64.9 Å². The number of hydrogen-bond donors (Lipinski definition) is 0. The predicted molar refractivity (Wildman–Crippen MR) is 83.3 cm³/mol. The van der Waals surface area contributed by atoms with Crippen molar-refractivity contribution in [2.75, 3.05) is 0 Å². The minimum absolute atomic E-state index is 0.0630. The van der Waals surface area contributed by atoms with Crippen LogP contribution in [0, 0.1) is 16.3 Å². The van der Waals surface area contributed by atoms with Gasteiger partial charge in [0.05, 0.1) is 5.02 Å². The molecule has 0 aromatic heterocycles. The van der Waals surface area contributed by atoms with Crippen molar-refractivity contribution in [1.82, 2.24) is 0 Å². The molecule has 0 fully saturated rings. The van der Waals surface area contributed by atoms with E-state index in [1.807, 2.05) is 6.92 Å². The maximum Gasteiger partial charge on any atom is 0.167 e. The third-order valence-corrected chi connectivity index (χ3v) is 4.48. The number of halogens is 3. The third kappa shape index (κ3) is 3.54. The molecule has 0 unspecified atom stereocenters. The molecule has 0 bridgehead atoms. The molecule has 0 aliphatic rings. The van der Waals surface area contributed by atoms with Crippen LogP contribution in [0.2, 0.25) is 5.02 Å². The standard InChI is InChI=1S/C15H11ClFIO/c1-9-2-4-12(17)6-11(9)8-15(19)10-3-5-14(18)13(16)7-10/h2-7H,8H2,1H3. The Morgan fingerprint density at radius 1 is 1.26 bits per heavy atom. The summed E-state index contributed by atoms with van der Waals surface area (Å²) < 4.78 is 14.1. The lowest BCUT2D eigenvalue weighted by Gasteiger charge is -2.06. The smallest absolute Gasteiger partial charge is 0.167 e. The lowest BCUT2D eigenvalue weighted by atomic mass is 9.99. The lowest BCUT2D eigenvalue weighted by Crippen LogP contribution is -2.05. The molecule has 0 N–H and O–H groups in total. The highest BCUT2D eigenvalue weighted by atomic mass is 127. The zero-order valence-corrected chi connectivity index (χ0v) is 13.1. The molecule has 1 nitrogen and oxygen atoms in total. The molecule has 0 atom stereocenters. The third-order valence-electron chi connectivity index (χ3n) is 2.90. The largest absolute Gasteiger partial charge is 0.294 e. The van der Waals surface area contributed by atoms with Crippen molar-refractivity contribution in [1.29, 1.82) is 0 Å². The Labute approximate surface area is 129 Å². The van der Waals surface area contributed by atoms with Gasteiger partial charge in [0, 0.05) is 15.6 Å². The summed E-state index contributed by atoms with van der Waals surface area (Å²) in [6, 6.07) is 9.67. The van der Waals surface area contributed by atoms with Gasteiger partial charge in [-0.15, -0.1) is 0 Å². The number of Topliss-reactive ketones (excluding diaryl/α,β-unsaturated/α-hetero) is 1. The van der Waals surface area contributed by atoms with Gasteiger partial charge in [-0.25, -0.2) is 4.39 Å². The van der Waals surface area contributed by atoms with Gasteiger partial charge >= 0.3 is 0 Å². The highest BCUT2D eigenvalue weighted by Gasteiger charge is 2.11. The van der Waals surface area contributed by atoms with Crippen molar-refractivity contribution < 1.29 is 9.18 Å². The molecule has 0 aliphatic heterocycles. The fraction of sp³-hybridized carbons (Fsp3) is 0.133. The SMILES string of the molecule is Cc1ccc(F)cc1CC(=O)c1ccc(I)c(Cl)c1. The second-order valence-electron chi connectivity index (χ2n) is 4.30. The quantitative estimate of drug-likeness (QED) is 0.544. The van der Waals surface area contributed by atoms with E-state index in [-0.39, 0.29) is 18.0 Å². The van der Waals surface area contributed by atoms with Gasteiger partial charge in [-0.3, -0.25) is 4.79 Å². The summed E-state index contributed by atoms with van der Waals surface area (Å²) in [7, 11) is 0. The molecule has 19 heavy (non-hydrogen) atoms. The molecule has 0 spiro atoms. The Kier molecular flexibility index (Phi) is 4.58. The topological polar surface area (TPSA) is 17.1 Å². The summed E-state index contributed by atoms with van der Waals surface area (Å²) in [5.74, 6) is -0.388. The average molecular weight is 389 g/mol. The van der Waals surface area contributed by atoms with Crippen molar-refractivity contribution >= 4 is 40.0 Å². The van der Waals surface area contributed by atoms with Crippen LogP contribution in [-0.4, -0.2) is 5.78 Å². The van der Waals surface area contributed by atoms with E-state index in [1.54, 1.807) is 24.3 Å². The van der Waals surface area contributed by atoms with E-state index in [9.17, 15) is 9.18 Å². The second kappa shape index (κ2) is 6.01. The minimum atomic E-state index is -0.325. The Morgan fingerprint density at radius 3 is 2.68 bits per heavy atom. The molecule has 4 heteroatoms. The van der Waals surface area contributed by atoms with E-state index >= 15 is 0 Å². The summed E-state index contributed by atoms with van der Waals surface area (Å²) in [6.45, 7) is 1.86. The molecule has 0 amide bonds. The van der Waals surface area contributed by atoms with Gasteiger partial charge in [0.1, 0.15) is 5.82 Å². The zero-order valence-electron chi connectivity index (χ0n) is 10.2. The Bertz CT molecular complexity index is 640. The van der Waals surface area contributed by atoms with Crippen LogP contribution in [0.25, 0.3) is 0 Å². The number of ketones is 1. The molecule has 0 aliphatic carbocycles. The first-order valence-corrected chi connectivity index (χ1v) is 7.16. The normalized spacial score (nSPS) is 10.5. The van der Waals surface area contributed by atoms with Crippen molar-refractivity contribution in [2.24, 2.45) is 0 Å². The summed E-state index contributed by atoms with van der Waals surface area (Å²) in [5.41, 5.74) is 2.17. The average Bonchev–Trinajstić information content (AvgIpc) is 2.37. The maximum atomic E-state index is 13.2. The van der Waals surface area contributed by atoms with Crippen LogP contribution in [0.15, 0.2) is 36.4 Å². The van der Waals surface area contributed by atoms with Crippen LogP contribution in [0.1, 0.15) is 21.5 Å². The van der Waals surface area contributed by atoms with Crippen LogP contribution >= 0.6 is 34.2 Å². The van der Waals surface area contributed by atoms with E-state index in [0.717, 1.165) is 9.13 Å². The molecular weight excluding hydrogens is 378 g/mol. The highest BCUT2D eigenvalue weighted by molar-refractivity contribution is 14.1. The molecule has 2 aromatic rings. The zero-order chi connectivity index (χ0) is 14.0. The number of hydrogen-bond acceptors (Lipinski definition) is 1. The van der Waals surface area contributed by atoms with Crippen LogP contribution in [0.5, 0.6) is 0 Å². The number of carbonyl (C=O) groups excluding carboxylic acids is 1. The predicted octanol–water partition coefficient (Wildman–Crippen LogP) is 4.82. The molecule has 0 saturated heterocycles. The number of rotatable bonds is 3. The van der Waals surface area contributed by atoms with Crippen molar-refractivity contribution in [3.63, 3.8) is 0 Å². The van der Waals surface area contributed by atoms with E-state index in [0.29, 0.717) is 16.1 Å². The first kappa shape index (κ1) is 14.5. The Balaban J connectivity index is 2.25. The lowest BCUT2D eigenvalue weighted by molar-refractivity contribution is 0.0992. The van der Waals surface area contributed by atoms with Crippen molar-refractivity contribution in [3.05, 3.63) is 67.5 Å². The van der Waals surface area contributed by atoms with E-state index in [2.05, 4.69) is 22.6 Å². The van der Waals surface area contributed by atoms with Crippen molar-refractivity contribution in [3.8, 4) is 0 Å². The van der Waals surface area contributed by atoms with E-state index in [4.69, 9.17) is 11.6 Å². The minimum Gasteiger partial charge on any atom is -0.294 e. The summed E-state index contributed by atoms with van der Waals surface area (Å²) in [4.78, 5) is 12.2. The Morgan fingerprint density at radius 2 is 2.00 bits per heavy atom. The van der Waals surface area contributed by atoms with Crippen LogP contribution < -0.4 is 0 Å². The number of benzene rings is 2. The highest BCUT2D eigenvalue weighted by Crippen LogP contribution is 2.21. The molecule has 98 valence electrons. The Hall–Kier alpha value is -0.940. The molecule has 2 aromatic carbocycles. The summed E-state index contributed by atoms with van der Waals surface area (Å²) in [5, 5.41) is 0.558. The van der Waals surface area contributed by atoms with Gasteiger partial charge < -0.3 is 0 Å². The summed E-state index contributed by atoms with van der Waals surface area (Å²) in [6.07, 6.45) is 0.181. The van der Waals surface area contributed by atoms with Crippen molar-refractivity contribution in [2.45, 2.75) is 13.3 Å². The van der Waals surface area contributed by atoms with Gasteiger partial charge in [0.15, 0.2) is 5.78 Å². The fourth-order valence-electron chi connectivity index (χ4n) is 1.78. The van der Waals surface area contributed by atoms with Crippen LogP contribution in [0.4, 0.5) is 4.39 Å². The second-order valence-corrected chi connectivity index (χ2v) is 5.87.